The lowest BCUT2D eigenvalue weighted by atomic mass is 9.96. The standard InChI is InChI=1S/C19H32N4O3/c1-15(14-17(24)20-16-10-6-3-2-4-7-11-16)21-22-18(25)19(26)23-12-8-5-9-13-23/h16H,2-14H2,1H3,(H,20,24)(H,22,25). The summed E-state index contributed by atoms with van der Waals surface area (Å²) in [5, 5.41) is 6.99. The van der Waals surface area contributed by atoms with Crippen LogP contribution in [0.25, 0.3) is 0 Å². The average Bonchev–Trinajstić information content (AvgIpc) is 2.62. The third-order valence-corrected chi connectivity index (χ3v) is 5.07. The lowest BCUT2D eigenvalue weighted by Gasteiger charge is -2.25. The summed E-state index contributed by atoms with van der Waals surface area (Å²) in [6.45, 7) is 2.93. The second-order valence-electron chi connectivity index (χ2n) is 7.43. The van der Waals surface area contributed by atoms with Gasteiger partial charge in [-0.1, -0.05) is 32.1 Å². The van der Waals surface area contributed by atoms with Gasteiger partial charge in [-0.3, -0.25) is 14.4 Å². The first-order chi connectivity index (χ1) is 12.6. The van der Waals surface area contributed by atoms with Gasteiger partial charge < -0.3 is 10.2 Å². The first kappa shape index (κ1) is 20.4. The number of carbonyl (C=O) groups excluding carboxylic acids is 3. The zero-order valence-electron chi connectivity index (χ0n) is 15.9. The van der Waals surface area contributed by atoms with Gasteiger partial charge in [0.15, 0.2) is 0 Å². The summed E-state index contributed by atoms with van der Waals surface area (Å²) in [6, 6.07) is 0.242. The van der Waals surface area contributed by atoms with Crippen LogP contribution in [0.15, 0.2) is 5.10 Å². The molecule has 3 amide bonds. The molecule has 2 rings (SSSR count). The Hall–Kier alpha value is -1.92. The highest BCUT2D eigenvalue weighted by Gasteiger charge is 2.23. The number of piperidine rings is 1. The topological polar surface area (TPSA) is 90.9 Å². The van der Waals surface area contributed by atoms with Gasteiger partial charge in [-0.2, -0.15) is 5.10 Å². The lowest BCUT2D eigenvalue weighted by Crippen LogP contribution is -2.44. The van der Waals surface area contributed by atoms with E-state index in [1.165, 1.54) is 19.3 Å². The van der Waals surface area contributed by atoms with Gasteiger partial charge in [0.25, 0.3) is 0 Å². The Bertz CT molecular complexity index is 519. The van der Waals surface area contributed by atoms with E-state index in [0.717, 1.165) is 44.9 Å². The fourth-order valence-electron chi connectivity index (χ4n) is 3.59. The van der Waals surface area contributed by atoms with Crippen molar-refractivity contribution in [2.45, 2.75) is 83.6 Å². The molecule has 2 N–H and O–H groups in total. The van der Waals surface area contributed by atoms with Gasteiger partial charge in [-0.05, 0) is 39.0 Å². The van der Waals surface area contributed by atoms with Gasteiger partial charge in [-0.15, -0.1) is 0 Å². The van der Waals surface area contributed by atoms with E-state index in [1.54, 1.807) is 11.8 Å². The molecule has 1 heterocycles. The highest BCUT2D eigenvalue weighted by Crippen LogP contribution is 2.17. The fourth-order valence-corrected chi connectivity index (χ4v) is 3.59. The van der Waals surface area contributed by atoms with Crippen molar-refractivity contribution >= 4 is 23.4 Å². The number of likely N-dealkylation sites (tertiary alicyclic amines) is 1. The Morgan fingerprint density at radius 1 is 0.923 bits per heavy atom. The summed E-state index contributed by atoms with van der Waals surface area (Å²) in [7, 11) is 0. The monoisotopic (exact) mass is 364 g/mol. The minimum atomic E-state index is -0.730. The third kappa shape index (κ3) is 7.14. The van der Waals surface area contributed by atoms with E-state index in [4.69, 9.17) is 0 Å². The van der Waals surface area contributed by atoms with Gasteiger partial charge in [-0.25, -0.2) is 5.43 Å². The molecule has 0 bridgehead atoms. The Balaban J connectivity index is 1.72. The SMILES string of the molecule is CC(CC(=O)NC1CCCCCCC1)=NNC(=O)C(=O)N1CCCCC1. The summed E-state index contributed by atoms with van der Waals surface area (Å²) in [5.41, 5.74) is 2.78. The van der Waals surface area contributed by atoms with Gasteiger partial charge in [0.05, 0.1) is 6.42 Å². The van der Waals surface area contributed by atoms with Crippen LogP contribution in [0.2, 0.25) is 0 Å². The molecule has 1 aliphatic carbocycles. The van der Waals surface area contributed by atoms with E-state index in [-0.39, 0.29) is 18.4 Å². The van der Waals surface area contributed by atoms with E-state index in [0.29, 0.717) is 18.8 Å². The van der Waals surface area contributed by atoms with Crippen LogP contribution in [-0.4, -0.2) is 47.5 Å². The van der Waals surface area contributed by atoms with Crippen molar-refractivity contribution in [3.63, 3.8) is 0 Å². The number of carbonyl (C=O) groups is 3. The van der Waals surface area contributed by atoms with Gasteiger partial charge in [0, 0.05) is 24.8 Å². The van der Waals surface area contributed by atoms with Crippen molar-refractivity contribution in [1.29, 1.82) is 0 Å². The number of nitrogens with one attached hydrogen (secondary N) is 2. The van der Waals surface area contributed by atoms with Crippen LogP contribution in [-0.2, 0) is 14.4 Å². The van der Waals surface area contributed by atoms with Gasteiger partial charge in [0.1, 0.15) is 0 Å². The van der Waals surface area contributed by atoms with Crippen molar-refractivity contribution in [3.05, 3.63) is 0 Å². The van der Waals surface area contributed by atoms with Crippen molar-refractivity contribution in [1.82, 2.24) is 15.6 Å². The highest BCUT2D eigenvalue weighted by molar-refractivity contribution is 6.35. The molecule has 1 saturated carbocycles. The Morgan fingerprint density at radius 2 is 1.50 bits per heavy atom. The van der Waals surface area contributed by atoms with E-state index in [1.807, 2.05) is 0 Å². The van der Waals surface area contributed by atoms with Crippen LogP contribution in [0.1, 0.15) is 77.6 Å². The molecule has 146 valence electrons. The number of hydrogen-bond acceptors (Lipinski definition) is 4. The second kappa shape index (κ2) is 10.9. The number of hydrogen-bond donors (Lipinski definition) is 2. The van der Waals surface area contributed by atoms with Crippen LogP contribution < -0.4 is 10.7 Å². The number of nitrogens with zero attached hydrogens (tertiary/aromatic N) is 2. The van der Waals surface area contributed by atoms with Crippen LogP contribution in [0.4, 0.5) is 0 Å². The zero-order valence-corrected chi connectivity index (χ0v) is 15.9. The molecule has 1 aliphatic heterocycles. The number of rotatable bonds is 4. The van der Waals surface area contributed by atoms with Gasteiger partial charge in [0.2, 0.25) is 5.91 Å². The summed E-state index contributed by atoms with van der Waals surface area (Å²) < 4.78 is 0. The molecule has 0 aromatic heterocycles. The van der Waals surface area contributed by atoms with E-state index in [2.05, 4.69) is 15.8 Å². The molecule has 0 unspecified atom stereocenters. The zero-order chi connectivity index (χ0) is 18.8. The lowest BCUT2D eigenvalue weighted by molar-refractivity contribution is -0.146. The minimum Gasteiger partial charge on any atom is -0.353 e. The maximum Gasteiger partial charge on any atom is 0.329 e. The molecule has 0 spiro atoms. The molecule has 0 atom stereocenters. The fraction of sp³-hybridized carbons (Fsp3) is 0.789. The molecule has 26 heavy (non-hydrogen) atoms. The van der Waals surface area contributed by atoms with Gasteiger partial charge >= 0.3 is 11.8 Å². The van der Waals surface area contributed by atoms with Crippen LogP contribution in [0, 0.1) is 0 Å². The second-order valence-corrected chi connectivity index (χ2v) is 7.43. The Morgan fingerprint density at radius 3 is 2.15 bits per heavy atom. The first-order valence-electron chi connectivity index (χ1n) is 9.98. The molecule has 0 aromatic rings. The Labute approximate surface area is 156 Å². The predicted molar refractivity (Wildman–Crippen MR) is 101 cm³/mol. The number of hydrazone groups is 1. The quantitative estimate of drug-likeness (QED) is 0.455. The predicted octanol–water partition coefficient (Wildman–Crippen LogP) is 2.11. The maximum atomic E-state index is 12.2. The van der Waals surface area contributed by atoms with E-state index >= 15 is 0 Å². The molecule has 1 saturated heterocycles. The highest BCUT2D eigenvalue weighted by atomic mass is 16.2. The third-order valence-electron chi connectivity index (χ3n) is 5.07. The summed E-state index contributed by atoms with van der Waals surface area (Å²) in [5.74, 6) is -1.35. The molecular weight excluding hydrogens is 332 g/mol. The molecule has 2 aliphatic rings. The van der Waals surface area contributed by atoms with Crippen molar-refractivity contribution in [2.24, 2.45) is 5.10 Å². The molecular formula is C19H32N4O3. The number of amides is 3. The largest absolute Gasteiger partial charge is 0.353 e. The van der Waals surface area contributed by atoms with Crippen molar-refractivity contribution in [2.75, 3.05) is 13.1 Å². The van der Waals surface area contributed by atoms with E-state index < -0.39 is 11.8 Å². The molecule has 0 radical (unpaired) electrons. The van der Waals surface area contributed by atoms with Crippen LogP contribution in [0.3, 0.4) is 0 Å². The Kier molecular flexibility index (Phi) is 8.58. The molecule has 0 aromatic carbocycles. The first-order valence-corrected chi connectivity index (χ1v) is 9.98. The van der Waals surface area contributed by atoms with Crippen molar-refractivity contribution in [3.8, 4) is 0 Å². The average molecular weight is 364 g/mol. The minimum absolute atomic E-state index is 0.0755. The molecule has 7 nitrogen and oxygen atoms in total. The smallest absolute Gasteiger partial charge is 0.329 e. The maximum absolute atomic E-state index is 12.2. The van der Waals surface area contributed by atoms with Crippen LogP contribution >= 0.6 is 0 Å². The molecule has 7 heteroatoms. The van der Waals surface area contributed by atoms with Crippen LogP contribution in [0.5, 0.6) is 0 Å². The normalized spacial score (nSPS) is 20.0. The van der Waals surface area contributed by atoms with E-state index in [9.17, 15) is 14.4 Å². The summed E-state index contributed by atoms with van der Waals surface area (Å²) in [4.78, 5) is 37.7. The summed E-state index contributed by atoms with van der Waals surface area (Å²) >= 11 is 0. The summed E-state index contributed by atoms with van der Waals surface area (Å²) in [6.07, 6.45) is 11.3. The molecule has 2 fully saturated rings. The van der Waals surface area contributed by atoms with Crippen molar-refractivity contribution < 1.29 is 14.4 Å².